The highest BCUT2D eigenvalue weighted by atomic mass is 32.1. The van der Waals surface area contributed by atoms with E-state index < -0.39 is 0 Å². The molecule has 2 heterocycles. The Labute approximate surface area is 132 Å². The number of nitrogens with one attached hydrogen (secondary N) is 1. The van der Waals surface area contributed by atoms with E-state index in [1.165, 1.54) is 5.01 Å². The third kappa shape index (κ3) is 5.08. The molecular weight excluding hydrogens is 282 g/mol. The Balaban J connectivity index is 1.67. The Hall–Kier alpha value is -0.940. The van der Waals surface area contributed by atoms with Crippen LogP contribution in [-0.2, 0) is 11.2 Å². The van der Waals surface area contributed by atoms with Crippen LogP contribution >= 0.6 is 11.3 Å². The maximum Gasteiger partial charge on any atom is 0.224 e. The maximum atomic E-state index is 12.2. The largest absolute Gasteiger partial charge is 0.356 e. The summed E-state index contributed by atoms with van der Waals surface area (Å²) in [5, 5.41) is 6.35. The summed E-state index contributed by atoms with van der Waals surface area (Å²) in [7, 11) is 0. The molecule has 1 atom stereocenters. The van der Waals surface area contributed by atoms with Crippen molar-refractivity contribution in [3.8, 4) is 0 Å². The third-order valence-corrected chi connectivity index (χ3v) is 5.11. The van der Waals surface area contributed by atoms with E-state index >= 15 is 0 Å². The van der Waals surface area contributed by atoms with Gasteiger partial charge in [0.1, 0.15) is 0 Å². The standard InChI is InChI=1S/C16H27N3OS/c1-12(2)19-9-5-6-14(10-19)16(20)17-8-4-7-15-18-13(3)11-21-15/h11-12,14H,4-10H2,1-3H3,(H,17,20)/t14-/m0/s1. The zero-order valence-electron chi connectivity index (χ0n) is 13.4. The van der Waals surface area contributed by atoms with E-state index in [0.29, 0.717) is 6.04 Å². The quantitative estimate of drug-likeness (QED) is 0.822. The summed E-state index contributed by atoms with van der Waals surface area (Å²) in [6.45, 7) is 9.23. The number of carbonyl (C=O) groups is 1. The van der Waals surface area contributed by atoms with Crippen molar-refractivity contribution in [2.24, 2.45) is 5.92 Å². The Bertz CT molecular complexity index is 458. The van der Waals surface area contributed by atoms with Gasteiger partial charge in [-0.25, -0.2) is 4.98 Å². The van der Waals surface area contributed by atoms with Gasteiger partial charge in [-0.3, -0.25) is 4.79 Å². The molecule has 1 amide bonds. The highest BCUT2D eigenvalue weighted by Gasteiger charge is 2.26. The molecule has 1 aliphatic heterocycles. The van der Waals surface area contributed by atoms with E-state index in [0.717, 1.165) is 51.0 Å². The number of carbonyl (C=O) groups excluding carboxylic acids is 1. The monoisotopic (exact) mass is 309 g/mol. The lowest BCUT2D eigenvalue weighted by Crippen LogP contribution is -2.45. The molecule has 1 fully saturated rings. The molecule has 0 radical (unpaired) electrons. The van der Waals surface area contributed by atoms with Gasteiger partial charge in [-0.15, -0.1) is 11.3 Å². The number of hydrogen-bond donors (Lipinski definition) is 1. The summed E-state index contributed by atoms with van der Waals surface area (Å²) in [4.78, 5) is 19.1. The van der Waals surface area contributed by atoms with Crippen molar-refractivity contribution in [1.29, 1.82) is 0 Å². The number of nitrogens with zero attached hydrogens (tertiary/aromatic N) is 2. The fraction of sp³-hybridized carbons (Fsp3) is 0.750. The van der Waals surface area contributed by atoms with E-state index in [1.807, 2.05) is 6.92 Å². The molecule has 0 unspecified atom stereocenters. The second-order valence-electron chi connectivity index (χ2n) is 6.21. The topological polar surface area (TPSA) is 45.2 Å². The number of thiazole rings is 1. The molecule has 1 N–H and O–H groups in total. The Morgan fingerprint density at radius 3 is 3.05 bits per heavy atom. The van der Waals surface area contributed by atoms with Gasteiger partial charge in [-0.1, -0.05) is 0 Å². The molecule has 0 spiro atoms. The van der Waals surface area contributed by atoms with Gasteiger partial charge >= 0.3 is 0 Å². The van der Waals surface area contributed by atoms with Crippen LogP contribution in [0.15, 0.2) is 5.38 Å². The second kappa shape index (κ2) is 7.90. The van der Waals surface area contributed by atoms with Gasteiger partial charge < -0.3 is 10.2 Å². The summed E-state index contributed by atoms with van der Waals surface area (Å²) >= 11 is 1.71. The number of piperidine rings is 1. The zero-order valence-corrected chi connectivity index (χ0v) is 14.2. The van der Waals surface area contributed by atoms with Crippen molar-refractivity contribution in [1.82, 2.24) is 15.2 Å². The molecule has 5 heteroatoms. The van der Waals surface area contributed by atoms with Gasteiger partial charge in [0, 0.05) is 36.6 Å². The van der Waals surface area contributed by atoms with Crippen molar-refractivity contribution in [2.45, 2.75) is 52.5 Å². The lowest BCUT2D eigenvalue weighted by Gasteiger charge is -2.34. The van der Waals surface area contributed by atoms with Gasteiger partial charge in [-0.05, 0) is 46.6 Å². The number of hydrogen-bond acceptors (Lipinski definition) is 4. The minimum atomic E-state index is 0.170. The summed E-state index contributed by atoms with van der Waals surface area (Å²) in [6, 6.07) is 0.536. The molecular formula is C16H27N3OS. The molecule has 1 saturated heterocycles. The van der Waals surface area contributed by atoms with Gasteiger partial charge in [0.15, 0.2) is 0 Å². The van der Waals surface area contributed by atoms with Crippen molar-refractivity contribution in [3.05, 3.63) is 16.1 Å². The first kappa shape index (κ1) is 16.4. The summed E-state index contributed by atoms with van der Waals surface area (Å²) in [5.41, 5.74) is 1.09. The van der Waals surface area contributed by atoms with Crippen LogP contribution < -0.4 is 5.32 Å². The third-order valence-electron chi connectivity index (χ3n) is 4.09. The Morgan fingerprint density at radius 2 is 2.38 bits per heavy atom. The van der Waals surface area contributed by atoms with Crippen LogP contribution in [0.4, 0.5) is 0 Å². The first-order valence-corrected chi connectivity index (χ1v) is 8.87. The fourth-order valence-corrected chi connectivity index (χ4v) is 3.62. The van der Waals surface area contributed by atoms with Crippen molar-refractivity contribution in [3.63, 3.8) is 0 Å². The maximum absolute atomic E-state index is 12.2. The van der Waals surface area contributed by atoms with E-state index in [-0.39, 0.29) is 11.8 Å². The van der Waals surface area contributed by atoms with Crippen molar-refractivity contribution < 1.29 is 4.79 Å². The molecule has 2 rings (SSSR count). The van der Waals surface area contributed by atoms with Crippen LogP contribution in [0.1, 0.15) is 43.8 Å². The molecule has 0 bridgehead atoms. The van der Waals surface area contributed by atoms with Gasteiger partial charge in [0.05, 0.1) is 10.9 Å². The van der Waals surface area contributed by atoms with Crippen LogP contribution in [0, 0.1) is 12.8 Å². The van der Waals surface area contributed by atoms with E-state index in [4.69, 9.17) is 0 Å². The van der Waals surface area contributed by atoms with Gasteiger partial charge in [0.25, 0.3) is 0 Å². The highest BCUT2D eigenvalue weighted by molar-refractivity contribution is 7.09. The van der Waals surface area contributed by atoms with Crippen LogP contribution in [0.3, 0.4) is 0 Å². The summed E-state index contributed by atoms with van der Waals surface area (Å²) in [5.74, 6) is 0.402. The number of aromatic nitrogens is 1. The smallest absolute Gasteiger partial charge is 0.224 e. The van der Waals surface area contributed by atoms with E-state index in [1.54, 1.807) is 11.3 Å². The second-order valence-corrected chi connectivity index (χ2v) is 7.15. The molecule has 4 nitrogen and oxygen atoms in total. The minimum absolute atomic E-state index is 0.170. The first-order valence-electron chi connectivity index (χ1n) is 7.99. The van der Waals surface area contributed by atoms with Crippen LogP contribution in [0.2, 0.25) is 0 Å². The van der Waals surface area contributed by atoms with E-state index in [2.05, 4.69) is 34.4 Å². The summed E-state index contributed by atoms with van der Waals surface area (Å²) in [6.07, 6.45) is 4.09. The molecule has 0 aromatic carbocycles. The van der Waals surface area contributed by atoms with Crippen LogP contribution in [0.25, 0.3) is 0 Å². The van der Waals surface area contributed by atoms with Gasteiger partial charge in [-0.2, -0.15) is 0 Å². The number of rotatable bonds is 6. The molecule has 0 aliphatic carbocycles. The van der Waals surface area contributed by atoms with E-state index in [9.17, 15) is 4.79 Å². The summed E-state index contributed by atoms with van der Waals surface area (Å²) < 4.78 is 0. The SMILES string of the molecule is Cc1csc(CCCNC(=O)[C@H]2CCCN(C(C)C)C2)n1. The minimum Gasteiger partial charge on any atom is -0.356 e. The Kier molecular flexibility index (Phi) is 6.18. The van der Waals surface area contributed by atoms with Crippen LogP contribution in [0.5, 0.6) is 0 Å². The van der Waals surface area contributed by atoms with Crippen LogP contribution in [-0.4, -0.2) is 41.5 Å². The molecule has 0 saturated carbocycles. The average molecular weight is 309 g/mol. The number of aryl methyl sites for hydroxylation is 2. The Morgan fingerprint density at radius 1 is 1.57 bits per heavy atom. The molecule has 1 aromatic rings. The molecule has 1 aliphatic rings. The first-order chi connectivity index (χ1) is 10.1. The van der Waals surface area contributed by atoms with Crippen molar-refractivity contribution in [2.75, 3.05) is 19.6 Å². The predicted molar refractivity (Wildman–Crippen MR) is 87.6 cm³/mol. The zero-order chi connectivity index (χ0) is 15.2. The fourth-order valence-electron chi connectivity index (χ4n) is 2.80. The predicted octanol–water partition coefficient (Wildman–Crippen LogP) is 2.62. The van der Waals surface area contributed by atoms with Gasteiger partial charge in [0.2, 0.25) is 5.91 Å². The lowest BCUT2D eigenvalue weighted by molar-refractivity contribution is -0.126. The highest BCUT2D eigenvalue weighted by Crippen LogP contribution is 2.18. The number of likely N-dealkylation sites (tertiary alicyclic amines) is 1. The normalized spacial score (nSPS) is 19.9. The lowest BCUT2D eigenvalue weighted by atomic mass is 9.96. The molecule has 118 valence electrons. The average Bonchev–Trinajstić information content (AvgIpc) is 2.89. The molecule has 21 heavy (non-hydrogen) atoms. The molecule has 1 aromatic heterocycles. The van der Waals surface area contributed by atoms with Crippen molar-refractivity contribution >= 4 is 17.2 Å². The number of amides is 1.